The quantitative estimate of drug-likeness (QED) is 0.216. The normalized spacial score (nSPS) is 10.6. The van der Waals surface area contributed by atoms with Gasteiger partial charge in [0.25, 0.3) is 0 Å². The third kappa shape index (κ3) is 45.0. The Kier molecular flexibility index (Phi) is 28.4. The summed E-state index contributed by atoms with van der Waals surface area (Å²) in [6.45, 7) is 2.65. The molecule has 0 atom stereocenters. The first-order valence-electron chi connectivity index (χ1n) is 8.69. The molecule has 0 radical (unpaired) electrons. The molecule has 0 spiro atoms. The van der Waals surface area contributed by atoms with E-state index in [2.05, 4.69) is 6.92 Å². The minimum atomic E-state index is -5.17. The molecule has 0 saturated carbocycles. The molecular formula is C16H34NaO5S-. The van der Waals surface area contributed by atoms with Crippen molar-refractivity contribution in [1.82, 2.24) is 0 Å². The molecule has 0 fully saturated rings. The van der Waals surface area contributed by atoms with Crippen LogP contribution in [0.3, 0.4) is 0 Å². The van der Waals surface area contributed by atoms with Crippen LogP contribution in [-0.2, 0) is 10.4 Å². The smallest absolute Gasteiger partial charge is 0.759 e. The van der Waals surface area contributed by atoms with Gasteiger partial charge in [0, 0.05) is 17.0 Å². The van der Waals surface area contributed by atoms with Gasteiger partial charge >= 0.3 is 29.6 Å². The van der Waals surface area contributed by atoms with E-state index in [9.17, 15) is 0 Å². The van der Waals surface area contributed by atoms with E-state index >= 15 is 0 Å². The summed E-state index contributed by atoms with van der Waals surface area (Å²) >= 11 is 0. The number of unbranched alkanes of at least 4 members (excludes halogenated alkanes) is 13. The van der Waals surface area contributed by atoms with Crippen molar-refractivity contribution >= 4 is 10.4 Å². The fourth-order valence-corrected chi connectivity index (χ4v) is 2.31. The molecule has 0 bridgehead atoms. The molecular weight excluding hydrogens is 327 g/mol. The molecule has 0 aliphatic heterocycles. The Bertz CT molecular complexity index is 275. The van der Waals surface area contributed by atoms with Crippen molar-refractivity contribution in [3.8, 4) is 0 Å². The first-order valence-corrected chi connectivity index (χ1v) is 10.0. The van der Waals surface area contributed by atoms with E-state index in [4.69, 9.17) is 22.6 Å². The van der Waals surface area contributed by atoms with Crippen LogP contribution in [0, 0.1) is 0 Å². The van der Waals surface area contributed by atoms with E-state index in [0.29, 0.717) is 6.61 Å². The molecule has 0 saturated heterocycles. The number of aliphatic hydroxyl groups is 1. The van der Waals surface area contributed by atoms with E-state index in [1.54, 1.807) is 0 Å². The van der Waals surface area contributed by atoms with Gasteiger partial charge < -0.3 is 14.2 Å². The second-order valence-electron chi connectivity index (χ2n) is 5.73. The van der Waals surface area contributed by atoms with E-state index in [1.807, 2.05) is 0 Å². The van der Waals surface area contributed by atoms with Gasteiger partial charge in [0.05, 0.1) is 0 Å². The van der Waals surface area contributed by atoms with Gasteiger partial charge in [0.2, 0.25) is 0 Å². The van der Waals surface area contributed by atoms with Gasteiger partial charge in [-0.05, 0) is 6.42 Å². The number of hydrogen-bond acceptors (Lipinski definition) is 5. The fourth-order valence-electron chi connectivity index (χ4n) is 2.31. The van der Waals surface area contributed by atoms with Crippen LogP contribution >= 0.6 is 0 Å². The Hall–Kier alpha value is 0.830. The average Bonchev–Trinajstić information content (AvgIpc) is 2.42. The second-order valence-corrected chi connectivity index (χ2v) is 6.54. The van der Waals surface area contributed by atoms with Gasteiger partial charge in [-0.25, -0.2) is 0 Å². The first-order chi connectivity index (χ1) is 10.4. The summed E-state index contributed by atoms with van der Waals surface area (Å²) in [4.78, 5) is 0. The van der Waals surface area contributed by atoms with Crippen molar-refractivity contribution in [3.63, 3.8) is 0 Å². The summed E-state index contributed by atoms with van der Waals surface area (Å²) in [7, 11) is -5.17. The molecule has 0 aliphatic carbocycles. The monoisotopic (exact) mass is 361 g/mol. The number of rotatable bonds is 14. The second kappa shape index (κ2) is 22.8. The Morgan fingerprint density at radius 3 is 1.09 bits per heavy atom. The van der Waals surface area contributed by atoms with Crippen LogP contribution in [0.5, 0.6) is 0 Å². The molecule has 0 aromatic carbocycles. The van der Waals surface area contributed by atoms with Crippen LogP contribution in [-0.4, -0.2) is 29.2 Å². The molecule has 0 aromatic rings. The predicted octanol–water partition coefficient (Wildman–Crippen LogP) is 1.13. The van der Waals surface area contributed by atoms with E-state index in [-0.39, 0.29) is 29.6 Å². The average molecular weight is 362 g/mol. The van der Waals surface area contributed by atoms with Gasteiger partial charge in [-0.3, -0.25) is 8.42 Å². The van der Waals surface area contributed by atoms with Crippen LogP contribution in [0.1, 0.15) is 96.8 Å². The number of hydrogen-bond donors (Lipinski definition) is 1. The molecule has 0 unspecified atom stereocenters. The van der Waals surface area contributed by atoms with Crippen LogP contribution in [0.4, 0.5) is 0 Å². The molecule has 1 N–H and O–H groups in total. The van der Waals surface area contributed by atoms with E-state index < -0.39 is 10.4 Å². The third-order valence-electron chi connectivity index (χ3n) is 3.51. The van der Waals surface area contributed by atoms with Crippen LogP contribution in [0.2, 0.25) is 0 Å². The largest absolute Gasteiger partial charge is 1.00 e. The van der Waals surface area contributed by atoms with Crippen molar-refractivity contribution in [2.75, 3.05) is 6.61 Å². The van der Waals surface area contributed by atoms with Gasteiger partial charge in [-0.2, -0.15) is 0 Å². The van der Waals surface area contributed by atoms with Gasteiger partial charge in [0.15, 0.2) is 0 Å². The fraction of sp³-hybridized carbons (Fsp3) is 1.00. The Morgan fingerprint density at radius 1 is 0.652 bits per heavy atom. The van der Waals surface area contributed by atoms with Gasteiger partial charge in [-0.1, -0.05) is 90.4 Å². The van der Waals surface area contributed by atoms with E-state index in [0.717, 1.165) is 6.42 Å². The maximum Gasteiger partial charge on any atom is 1.00 e. The molecule has 136 valence electrons. The van der Waals surface area contributed by atoms with E-state index in [1.165, 1.54) is 83.5 Å². The third-order valence-corrected chi connectivity index (χ3v) is 3.51. The van der Waals surface area contributed by atoms with Gasteiger partial charge in [-0.15, -0.1) is 0 Å². The van der Waals surface area contributed by atoms with Crippen molar-refractivity contribution < 1.29 is 52.2 Å². The van der Waals surface area contributed by atoms with Crippen molar-refractivity contribution in [2.24, 2.45) is 0 Å². The zero-order valence-corrected chi connectivity index (χ0v) is 17.9. The van der Waals surface area contributed by atoms with Crippen molar-refractivity contribution in [1.29, 1.82) is 0 Å². The van der Waals surface area contributed by atoms with Gasteiger partial charge in [0.1, 0.15) is 0 Å². The zero-order chi connectivity index (χ0) is 17.1. The van der Waals surface area contributed by atoms with Crippen LogP contribution in [0.25, 0.3) is 0 Å². The Morgan fingerprint density at radius 2 is 0.870 bits per heavy atom. The van der Waals surface area contributed by atoms with Crippen molar-refractivity contribution in [3.05, 3.63) is 0 Å². The molecule has 0 amide bonds. The number of aliphatic hydroxyl groups excluding tert-OH is 1. The zero-order valence-electron chi connectivity index (χ0n) is 15.1. The Balaban J connectivity index is -0.000000578. The van der Waals surface area contributed by atoms with Crippen LogP contribution < -0.4 is 29.6 Å². The molecule has 23 heavy (non-hydrogen) atoms. The minimum Gasteiger partial charge on any atom is -0.759 e. The summed E-state index contributed by atoms with van der Waals surface area (Å²) in [6.07, 6.45) is 19.2. The van der Waals surface area contributed by atoms with Crippen molar-refractivity contribution in [2.45, 2.75) is 96.8 Å². The van der Waals surface area contributed by atoms with Crippen LogP contribution in [0.15, 0.2) is 0 Å². The predicted molar refractivity (Wildman–Crippen MR) is 87.9 cm³/mol. The molecule has 5 nitrogen and oxygen atoms in total. The topological polar surface area (TPSA) is 100 Å². The first kappa shape index (κ1) is 28.6. The standard InChI is InChI=1S/C16H34O.Na.H2O4S/c1-2-3-4-5-6-7-8-9-10-11-12-13-14-15-16-17;;1-5(2,3)4/h17H,2-16H2,1H3;;(H2,1,2,3,4)/q;+1;/p-2. The molecule has 0 heterocycles. The summed E-state index contributed by atoms with van der Waals surface area (Å²) < 4.78 is 34.1. The molecule has 0 aromatic heterocycles. The summed E-state index contributed by atoms with van der Waals surface area (Å²) in [5.41, 5.74) is 0. The molecule has 0 rings (SSSR count). The summed E-state index contributed by atoms with van der Waals surface area (Å²) in [5.74, 6) is 0. The maximum atomic E-state index is 8.64. The maximum absolute atomic E-state index is 8.64. The summed E-state index contributed by atoms with van der Waals surface area (Å²) in [5, 5.41) is 8.64. The molecule has 7 heteroatoms. The summed E-state index contributed by atoms with van der Waals surface area (Å²) in [6, 6.07) is 0. The minimum absolute atomic E-state index is 0. The molecule has 0 aliphatic rings. The Labute approximate surface area is 165 Å². The SMILES string of the molecule is CCCCCCCCCCCCCCCCO.O=S(=O)([O-])[O-].[Na+].